The van der Waals surface area contributed by atoms with E-state index in [-0.39, 0.29) is 0 Å². The van der Waals surface area contributed by atoms with Crippen molar-refractivity contribution < 1.29 is 9.84 Å². The molecule has 0 amide bonds. The molecule has 2 aromatic rings. The van der Waals surface area contributed by atoms with Crippen LogP contribution in [0.15, 0.2) is 42.5 Å². The minimum atomic E-state index is 0.315. The van der Waals surface area contributed by atoms with Gasteiger partial charge in [-0.1, -0.05) is 18.2 Å². The van der Waals surface area contributed by atoms with Crippen LogP contribution in [0.4, 0.5) is 0 Å². The Morgan fingerprint density at radius 2 is 2.00 bits per heavy atom. The summed E-state index contributed by atoms with van der Waals surface area (Å²) < 4.78 is 5.30. The van der Waals surface area contributed by atoms with Gasteiger partial charge in [-0.05, 0) is 60.3 Å². The molecule has 0 aliphatic carbocycles. The first-order valence-electron chi connectivity index (χ1n) is 6.94. The van der Waals surface area contributed by atoms with Crippen molar-refractivity contribution in [1.29, 1.82) is 0 Å². The molecule has 1 aliphatic rings. The SMILES string of the molecule is COc1ccc2c(c1)CCNC2Cc1ccc(O)cc1. The lowest BCUT2D eigenvalue weighted by Crippen LogP contribution is -2.31. The highest BCUT2D eigenvalue weighted by atomic mass is 16.5. The zero-order valence-corrected chi connectivity index (χ0v) is 11.6. The highest BCUT2D eigenvalue weighted by molar-refractivity contribution is 5.40. The first-order chi connectivity index (χ1) is 9.76. The molecule has 104 valence electrons. The summed E-state index contributed by atoms with van der Waals surface area (Å²) in [5, 5.41) is 12.9. The molecule has 1 heterocycles. The molecule has 0 radical (unpaired) electrons. The maximum atomic E-state index is 9.35. The van der Waals surface area contributed by atoms with Crippen molar-refractivity contribution in [3.8, 4) is 11.5 Å². The van der Waals surface area contributed by atoms with Gasteiger partial charge in [0.15, 0.2) is 0 Å². The minimum Gasteiger partial charge on any atom is -0.508 e. The third-order valence-electron chi connectivity index (χ3n) is 3.89. The highest BCUT2D eigenvalue weighted by Gasteiger charge is 2.20. The Kier molecular flexibility index (Phi) is 3.61. The van der Waals surface area contributed by atoms with Crippen LogP contribution >= 0.6 is 0 Å². The summed E-state index contributed by atoms with van der Waals surface area (Å²) in [6, 6.07) is 14.1. The largest absolute Gasteiger partial charge is 0.508 e. The van der Waals surface area contributed by atoms with Gasteiger partial charge < -0.3 is 15.2 Å². The lowest BCUT2D eigenvalue weighted by atomic mass is 9.90. The van der Waals surface area contributed by atoms with E-state index < -0.39 is 0 Å². The van der Waals surface area contributed by atoms with Crippen molar-refractivity contribution in [3.63, 3.8) is 0 Å². The van der Waals surface area contributed by atoms with Crippen molar-refractivity contribution in [1.82, 2.24) is 5.32 Å². The van der Waals surface area contributed by atoms with E-state index in [2.05, 4.69) is 17.4 Å². The van der Waals surface area contributed by atoms with Crippen LogP contribution in [-0.2, 0) is 12.8 Å². The Morgan fingerprint density at radius 3 is 2.75 bits per heavy atom. The number of aromatic hydroxyl groups is 1. The maximum Gasteiger partial charge on any atom is 0.119 e. The average Bonchev–Trinajstić information content (AvgIpc) is 2.49. The molecule has 2 N–H and O–H groups in total. The lowest BCUT2D eigenvalue weighted by Gasteiger charge is -2.27. The molecule has 2 aromatic carbocycles. The molecule has 1 unspecified atom stereocenters. The van der Waals surface area contributed by atoms with Crippen molar-refractivity contribution in [2.75, 3.05) is 13.7 Å². The normalized spacial score (nSPS) is 17.6. The first-order valence-corrected chi connectivity index (χ1v) is 6.94. The Labute approximate surface area is 119 Å². The van der Waals surface area contributed by atoms with Crippen LogP contribution in [-0.4, -0.2) is 18.8 Å². The van der Waals surface area contributed by atoms with E-state index in [1.54, 1.807) is 19.2 Å². The second-order valence-electron chi connectivity index (χ2n) is 5.19. The summed E-state index contributed by atoms with van der Waals surface area (Å²) >= 11 is 0. The number of phenolic OH excluding ortho intramolecular Hbond substituents is 1. The number of methoxy groups -OCH3 is 1. The van der Waals surface area contributed by atoms with Crippen LogP contribution < -0.4 is 10.1 Å². The molecule has 0 aromatic heterocycles. The fraction of sp³-hybridized carbons (Fsp3) is 0.294. The number of benzene rings is 2. The van der Waals surface area contributed by atoms with Gasteiger partial charge in [0.1, 0.15) is 11.5 Å². The van der Waals surface area contributed by atoms with Gasteiger partial charge in [-0.15, -0.1) is 0 Å². The Morgan fingerprint density at radius 1 is 1.20 bits per heavy atom. The van der Waals surface area contributed by atoms with E-state index in [0.29, 0.717) is 11.8 Å². The van der Waals surface area contributed by atoms with Crippen molar-refractivity contribution >= 4 is 0 Å². The molecule has 3 rings (SSSR count). The highest BCUT2D eigenvalue weighted by Crippen LogP contribution is 2.29. The van der Waals surface area contributed by atoms with E-state index in [1.165, 1.54) is 16.7 Å². The van der Waals surface area contributed by atoms with Crippen molar-refractivity contribution in [3.05, 3.63) is 59.2 Å². The lowest BCUT2D eigenvalue weighted by molar-refractivity contribution is 0.412. The van der Waals surface area contributed by atoms with Gasteiger partial charge in [-0.3, -0.25) is 0 Å². The predicted molar refractivity (Wildman–Crippen MR) is 79.3 cm³/mol. The third kappa shape index (κ3) is 2.63. The van der Waals surface area contributed by atoms with Gasteiger partial charge in [0, 0.05) is 6.04 Å². The summed E-state index contributed by atoms with van der Waals surface area (Å²) in [5.41, 5.74) is 3.95. The van der Waals surface area contributed by atoms with Gasteiger partial charge in [-0.25, -0.2) is 0 Å². The molecule has 3 nitrogen and oxygen atoms in total. The van der Waals surface area contributed by atoms with Gasteiger partial charge in [0.05, 0.1) is 7.11 Å². The van der Waals surface area contributed by atoms with Crippen molar-refractivity contribution in [2.24, 2.45) is 0 Å². The van der Waals surface area contributed by atoms with Gasteiger partial charge >= 0.3 is 0 Å². The molecular formula is C17H19NO2. The number of hydrogen-bond donors (Lipinski definition) is 2. The van der Waals surface area contributed by atoms with E-state index >= 15 is 0 Å². The average molecular weight is 269 g/mol. The molecule has 0 bridgehead atoms. The molecule has 1 atom stereocenters. The molecule has 20 heavy (non-hydrogen) atoms. The zero-order valence-electron chi connectivity index (χ0n) is 11.6. The molecular weight excluding hydrogens is 250 g/mol. The quantitative estimate of drug-likeness (QED) is 0.900. The number of nitrogens with one attached hydrogen (secondary N) is 1. The zero-order chi connectivity index (χ0) is 13.9. The van der Waals surface area contributed by atoms with Crippen LogP contribution in [0, 0.1) is 0 Å². The fourth-order valence-corrected chi connectivity index (χ4v) is 2.81. The fourth-order valence-electron chi connectivity index (χ4n) is 2.81. The summed E-state index contributed by atoms with van der Waals surface area (Å²) in [6.45, 7) is 0.989. The monoisotopic (exact) mass is 269 g/mol. The van der Waals surface area contributed by atoms with E-state index in [4.69, 9.17) is 4.74 Å². The summed E-state index contributed by atoms with van der Waals surface area (Å²) in [6.07, 6.45) is 1.97. The van der Waals surface area contributed by atoms with E-state index in [0.717, 1.165) is 25.1 Å². The second kappa shape index (κ2) is 5.55. The topological polar surface area (TPSA) is 41.5 Å². The van der Waals surface area contributed by atoms with E-state index in [1.807, 2.05) is 18.2 Å². The third-order valence-corrected chi connectivity index (χ3v) is 3.89. The molecule has 1 aliphatic heterocycles. The van der Waals surface area contributed by atoms with E-state index in [9.17, 15) is 5.11 Å². The molecule has 0 fully saturated rings. The van der Waals surface area contributed by atoms with Gasteiger partial charge in [0.2, 0.25) is 0 Å². The predicted octanol–water partition coefficient (Wildman–Crippen LogP) is 2.83. The Balaban J connectivity index is 1.84. The first kappa shape index (κ1) is 13.0. The summed E-state index contributed by atoms with van der Waals surface area (Å²) in [7, 11) is 1.71. The number of fused-ring (bicyclic) bond motifs is 1. The van der Waals surface area contributed by atoms with Crippen LogP contribution in [0.5, 0.6) is 11.5 Å². The number of rotatable bonds is 3. The number of hydrogen-bond acceptors (Lipinski definition) is 3. The van der Waals surface area contributed by atoms with Gasteiger partial charge in [-0.2, -0.15) is 0 Å². The van der Waals surface area contributed by atoms with Crippen LogP contribution in [0.2, 0.25) is 0 Å². The number of phenols is 1. The Bertz CT molecular complexity index is 592. The second-order valence-corrected chi connectivity index (χ2v) is 5.19. The molecule has 0 saturated heterocycles. The smallest absolute Gasteiger partial charge is 0.119 e. The maximum absolute atomic E-state index is 9.35. The summed E-state index contributed by atoms with van der Waals surface area (Å²) in [4.78, 5) is 0. The van der Waals surface area contributed by atoms with Crippen LogP contribution in [0.3, 0.4) is 0 Å². The molecule has 0 saturated carbocycles. The molecule has 0 spiro atoms. The van der Waals surface area contributed by atoms with Crippen LogP contribution in [0.1, 0.15) is 22.7 Å². The standard InChI is InChI=1S/C17H19NO2/c1-20-15-6-7-16-13(11-15)8-9-18-17(16)10-12-2-4-14(19)5-3-12/h2-7,11,17-19H,8-10H2,1H3. The Hall–Kier alpha value is -2.00. The van der Waals surface area contributed by atoms with Crippen molar-refractivity contribution in [2.45, 2.75) is 18.9 Å². The van der Waals surface area contributed by atoms with Gasteiger partial charge in [0.25, 0.3) is 0 Å². The molecule has 3 heteroatoms. The summed E-state index contributed by atoms with van der Waals surface area (Å²) in [5.74, 6) is 1.24. The minimum absolute atomic E-state index is 0.315. The van der Waals surface area contributed by atoms with Crippen LogP contribution in [0.25, 0.3) is 0 Å². The number of ether oxygens (including phenoxy) is 1.